The number of carbonyl (C=O) groups is 2. The largest absolute Gasteiger partial charge is 0.472 e. The first-order valence-electron chi connectivity index (χ1n) is 8.93. The molecular weight excluding hydrogens is 396 g/mol. The van der Waals surface area contributed by atoms with E-state index in [1.165, 1.54) is 23.9 Å². The first-order valence-corrected chi connectivity index (χ1v) is 9.75. The second kappa shape index (κ2) is 7.13. The molecule has 3 aromatic rings. The van der Waals surface area contributed by atoms with Crippen molar-refractivity contribution in [1.82, 2.24) is 9.88 Å². The summed E-state index contributed by atoms with van der Waals surface area (Å²) in [6.45, 7) is 1.17. The van der Waals surface area contributed by atoms with Crippen LogP contribution in [-0.4, -0.2) is 35.2 Å². The molecule has 2 N–H and O–H groups in total. The lowest BCUT2D eigenvalue weighted by Crippen LogP contribution is -2.38. The predicted molar refractivity (Wildman–Crippen MR) is 104 cm³/mol. The second-order valence-electron chi connectivity index (χ2n) is 6.52. The summed E-state index contributed by atoms with van der Waals surface area (Å²) in [4.78, 5) is 32.0. The third-order valence-corrected chi connectivity index (χ3v) is 5.64. The standard InChI is InChI=1S/C19H16N4O5S/c24-17(11-4-6-26-9-11)22-18-21-13-3-5-23(8-16(13)29-18)19(25)20-12-1-2-14-15(7-12)28-10-27-14/h1-2,4,6-7,9H,3,5,8,10H2,(H,20,25)(H,21,22,24). The molecule has 9 nitrogen and oxygen atoms in total. The molecule has 0 unspecified atom stereocenters. The maximum absolute atomic E-state index is 12.7. The van der Waals surface area contributed by atoms with E-state index in [-0.39, 0.29) is 18.7 Å². The van der Waals surface area contributed by atoms with Crippen molar-refractivity contribution in [2.45, 2.75) is 13.0 Å². The summed E-state index contributed by atoms with van der Waals surface area (Å²) in [6, 6.07) is 6.67. The van der Waals surface area contributed by atoms with Gasteiger partial charge in [0.2, 0.25) is 6.79 Å². The molecule has 10 heteroatoms. The number of nitrogens with one attached hydrogen (secondary N) is 2. The number of ether oxygens (including phenoxy) is 2. The van der Waals surface area contributed by atoms with E-state index in [9.17, 15) is 9.59 Å². The summed E-state index contributed by atoms with van der Waals surface area (Å²) in [5.74, 6) is 1.01. The molecule has 0 saturated carbocycles. The lowest BCUT2D eigenvalue weighted by molar-refractivity contribution is 0.102. The first-order chi connectivity index (χ1) is 14.2. The van der Waals surface area contributed by atoms with Gasteiger partial charge in [0, 0.05) is 29.6 Å². The van der Waals surface area contributed by atoms with Crippen LogP contribution in [0.2, 0.25) is 0 Å². The minimum Gasteiger partial charge on any atom is -0.472 e. The Kier molecular flexibility index (Phi) is 4.32. The Hall–Kier alpha value is -3.53. The number of benzene rings is 1. The average molecular weight is 412 g/mol. The SMILES string of the molecule is O=C(Nc1nc2c(s1)CN(C(=O)Nc1ccc3c(c1)OCO3)CC2)c1ccoc1. The minimum absolute atomic E-state index is 0.187. The van der Waals surface area contributed by atoms with Gasteiger partial charge in [-0.05, 0) is 18.2 Å². The van der Waals surface area contributed by atoms with Crippen LogP contribution in [0.3, 0.4) is 0 Å². The second-order valence-corrected chi connectivity index (χ2v) is 7.61. The van der Waals surface area contributed by atoms with Crippen molar-refractivity contribution in [1.29, 1.82) is 0 Å². The summed E-state index contributed by atoms with van der Waals surface area (Å²) < 4.78 is 15.5. The molecule has 0 saturated heterocycles. The zero-order valence-corrected chi connectivity index (χ0v) is 16.0. The Bertz CT molecular complexity index is 1080. The molecule has 0 bridgehead atoms. The number of fused-ring (bicyclic) bond motifs is 2. The van der Waals surface area contributed by atoms with Crippen LogP contribution in [0.5, 0.6) is 11.5 Å². The van der Waals surface area contributed by atoms with Crippen LogP contribution in [-0.2, 0) is 13.0 Å². The monoisotopic (exact) mass is 412 g/mol. The molecule has 0 radical (unpaired) electrons. The molecule has 3 amide bonds. The number of urea groups is 1. The molecule has 0 aliphatic carbocycles. The van der Waals surface area contributed by atoms with Crippen LogP contribution in [0.15, 0.2) is 41.2 Å². The Balaban J connectivity index is 1.24. The molecule has 0 fully saturated rings. The summed E-state index contributed by atoms with van der Waals surface area (Å²) in [5, 5.41) is 6.17. The van der Waals surface area contributed by atoms with Crippen LogP contribution < -0.4 is 20.1 Å². The van der Waals surface area contributed by atoms with Gasteiger partial charge in [-0.2, -0.15) is 0 Å². The Morgan fingerprint density at radius 2 is 2.03 bits per heavy atom. The lowest BCUT2D eigenvalue weighted by atomic mass is 10.2. The van der Waals surface area contributed by atoms with Gasteiger partial charge in [0.25, 0.3) is 5.91 Å². The summed E-state index contributed by atoms with van der Waals surface area (Å²) in [6.07, 6.45) is 3.45. The number of rotatable bonds is 3. The van der Waals surface area contributed by atoms with Crippen molar-refractivity contribution in [2.24, 2.45) is 0 Å². The third kappa shape index (κ3) is 3.49. The van der Waals surface area contributed by atoms with E-state index in [0.717, 1.165) is 10.6 Å². The Labute approximate surface area is 169 Å². The molecule has 4 heterocycles. The van der Waals surface area contributed by atoms with E-state index in [1.807, 2.05) is 0 Å². The van der Waals surface area contributed by atoms with Gasteiger partial charge in [-0.3, -0.25) is 10.1 Å². The van der Waals surface area contributed by atoms with E-state index in [2.05, 4.69) is 15.6 Å². The van der Waals surface area contributed by atoms with Crippen LogP contribution in [0.4, 0.5) is 15.6 Å². The normalized spacial score (nSPS) is 14.4. The van der Waals surface area contributed by atoms with Gasteiger partial charge in [0.05, 0.1) is 24.1 Å². The van der Waals surface area contributed by atoms with Gasteiger partial charge in [-0.1, -0.05) is 11.3 Å². The van der Waals surface area contributed by atoms with Crippen molar-refractivity contribution in [3.05, 3.63) is 52.9 Å². The highest BCUT2D eigenvalue weighted by atomic mass is 32.1. The predicted octanol–water partition coefficient (Wildman–Crippen LogP) is 3.31. The lowest BCUT2D eigenvalue weighted by Gasteiger charge is -2.26. The fourth-order valence-electron chi connectivity index (χ4n) is 3.16. The van der Waals surface area contributed by atoms with Gasteiger partial charge in [-0.15, -0.1) is 0 Å². The Morgan fingerprint density at radius 1 is 1.14 bits per heavy atom. The topological polar surface area (TPSA) is 106 Å². The molecule has 2 aliphatic heterocycles. The van der Waals surface area contributed by atoms with Crippen LogP contribution in [0.1, 0.15) is 20.9 Å². The average Bonchev–Trinajstić information content (AvgIpc) is 3.46. The molecule has 2 aliphatic rings. The van der Waals surface area contributed by atoms with Crippen LogP contribution >= 0.6 is 11.3 Å². The number of aromatic nitrogens is 1. The number of amides is 3. The molecule has 0 atom stereocenters. The fraction of sp³-hybridized carbons (Fsp3) is 0.211. The first kappa shape index (κ1) is 17.6. The van der Waals surface area contributed by atoms with Crippen molar-refractivity contribution in [3.8, 4) is 11.5 Å². The van der Waals surface area contributed by atoms with Gasteiger partial charge < -0.3 is 24.1 Å². The van der Waals surface area contributed by atoms with E-state index >= 15 is 0 Å². The molecule has 1 aromatic carbocycles. The molecule has 0 spiro atoms. The van der Waals surface area contributed by atoms with E-state index in [0.29, 0.717) is 47.4 Å². The van der Waals surface area contributed by atoms with Gasteiger partial charge >= 0.3 is 6.03 Å². The minimum atomic E-state index is -0.276. The number of hydrogen-bond donors (Lipinski definition) is 2. The number of carbonyl (C=O) groups excluding carboxylic acids is 2. The summed E-state index contributed by atoms with van der Waals surface area (Å²) in [5.41, 5.74) is 1.98. The van der Waals surface area contributed by atoms with Crippen molar-refractivity contribution in [3.63, 3.8) is 0 Å². The van der Waals surface area contributed by atoms with E-state index < -0.39 is 0 Å². The number of thiazole rings is 1. The third-order valence-electron chi connectivity index (χ3n) is 4.65. The van der Waals surface area contributed by atoms with Crippen LogP contribution in [0, 0.1) is 0 Å². The molecule has 2 aromatic heterocycles. The zero-order chi connectivity index (χ0) is 19.8. The summed E-state index contributed by atoms with van der Waals surface area (Å²) >= 11 is 1.37. The number of furan rings is 1. The number of nitrogens with zero attached hydrogens (tertiary/aromatic N) is 2. The highest BCUT2D eigenvalue weighted by Gasteiger charge is 2.25. The maximum atomic E-state index is 12.7. The van der Waals surface area contributed by atoms with E-state index in [4.69, 9.17) is 13.9 Å². The maximum Gasteiger partial charge on any atom is 0.322 e. The Morgan fingerprint density at radius 3 is 2.90 bits per heavy atom. The van der Waals surface area contributed by atoms with Crippen LogP contribution in [0.25, 0.3) is 0 Å². The van der Waals surface area contributed by atoms with E-state index in [1.54, 1.807) is 29.2 Å². The van der Waals surface area contributed by atoms with Crippen molar-refractivity contribution < 1.29 is 23.5 Å². The quantitative estimate of drug-likeness (QED) is 0.684. The van der Waals surface area contributed by atoms with Gasteiger partial charge in [-0.25, -0.2) is 9.78 Å². The van der Waals surface area contributed by atoms with Gasteiger partial charge in [0.15, 0.2) is 16.6 Å². The molecule has 148 valence electrons. The molecular formula is C19H16N4O5S. The molecule has 5 rings (SSSR count). The van der Waals surface area contributed by atoms with Crippen molar-refractivity contribution >= 4 is 34.1 Å². The zero-order valence-electron chi connectivity index (χ0n) is 15.1. The smallest absolute Gasteiger partial charge is 0.322 e. The fourth-order valence-corrected chi connectivity index (χ4v) is 4.18. The molecule has 29 heavy (non-hydrogen) atoms. The number of anilines is 2. The van der Waals surface area contributed by atoms with Gasteiger partial charge in [0.1, 0.15) is 6.26 Å². The van der Waals surface area contributed by atoms with Crippen molar-refractivity contribution in [2.75, 3.05) is 24.0 Å². The highest BCUT2D eigenvalue weighted by Crippen LogP contribution is 2.34. The number of hydrogen-bond acceptors (Lipinski definition) is 7. The highest BCUT2D eigenvalue weighted by molar-refractivity contribution is 7.15. The summed E-state index contributed by atoms with van der Waals surface area (Å²) in [7, 11) is 0.